The first-order valence-electron chi connectivity index (χ1n) is 6.55. The molecule has 0 fully saturated rings. The van der Waals surface area contributed by atoms with Crippen LogP contribution in [-0.2, 0) is 6.54 Å². The summed E-state index contributed by atoms with van der Waals surface area (Å²) < 4.78 is 1.61. The number of rotatable bonds is 5. The zero-order valence-corrected chi connectivity index (χ0v) is 11.8. The summed E-state index contributed by atoms with van der Waals surface area (Å²) in [4.78, 5) is 21.6. The lowest BCUT2D eigenvalue weighted by Crippen LogP contribution is -2.08. The fraction of sp³-hybridized carbons (Fsp3) is 0.267. The van der Waals surface area contributed by atoms with Gasteiger partial charge in [0, 0.05) is 24.9 Å². The Hall–Kier alpha value is -2.63. The molecule has 1 aromatic carbocycles. The summed E-state index contributed by atoms with van der Waals surface area (Å²) in [7, 11) is 0. The molecule has 0 saturated carbocycles. The van der Waals surface area contributed by atoms with E-state index in [0.29, 0.717) is 5.56 Å². The molecule has 0 aliphatic carbocycles. The molecule has 21 heavy (non-hydrogen) atoms. The molecule has 0 aliphatic heterocycles. The first-order valence-corrected chi connectivity index (χ1v) is 6.55. The number of aromatic nitrogens is 1. The Morgan fingerprint density at radius 3 is 2.67 bits per heavy atom. The second-order valence-corrected chi connectivity index (χ2v) is 5.17. The summed E-state index contributed by atoms with van der Waals surface area (Å²) in [6.07, 6.45) is 1.78. The summed E-state index contributed by atoms with van der Waals surface area (Å²) >= 11 is 0. The quantitative estimate of drug-likeness (QED) is 0.676. The van der Waals surface area contributed by atoms with Gasteiger partial charge < -0.3 is 9.67 Å². The smallest absolute Gasteiger partial charge is 0.352 e. The molecule has 2 aromatic rings. The number of carbonyl (C=O) groups is 1. The van der Waals surface area contributed by atoms with Crippen molar-refractivity contribution in [2.24, 2.45) is 0 Å². The number of carboxylic acid groups (broad SMARTS) is 1. The molecule has 0 radical (unpaired) electrons. The molecule has 0 saturated heterocycles. The van der Waals surface area contributed by atoms with Gasteiger partial charge in [-0.15, -0.1) is 0 Å². The van der Waals surface area contributed by atoms with Crippen molar-refractivity contribution in [2.45, 2.75) is 26.3 Å². The van der Waals surface area contributed by atoms with Crippen LogP contribution in [0.3, 0.4) is 0 Å². The molecule has 0 amide bonds. The Kier molecular flexibility index (Phi) is 4.07. The molecule has 0 spiro atoms. The lowest BCUT2D eigenvalue weighted by Gasteiger charge is -2.06. The molecule has 1 N–H and O–H groups in total. The highest BCUT2D eigenvalue weighted by Crippen LogP contribution is 2.20. The van der Waals surface area contributed by atoms with Crippen molar-refractivity contribution in [3.8, 4) is 0 Å². The molecule has 0 bridgehead atoms. The summed E-state index contributed by atoms with van der Waals surface area (Å²) in [5, 5.41) is 20.0. The second-order valence-electron chi connectivity index (χ2n) is 5.17. The molecular weight excluding hydrogens is 272 g/mol. The van der Waals surface area contributed by atoms with Gasteiger partial charge in [0.15, 0.2) is 0 Å². The fourth-order valence-corrected chi connectivity index (χ4v) is 2.12. The maximum Gasteiger partial charge on any atom is 0.352 e. The van der Waals surface area contributed by atoms with Crippen molar-refractivity contribution in [3.63, 3.8) is 0 Å². The van der Waals surface area contributed by atoms with E-state index in [2.05, 4.69) is 0 Å². The minimum atomic E-state index is -1.01. The van der Waals surface area contributed by atoms with E-state index < -0.39 is 10.9 Å². The molecule has 0 unspecified atom stereocenters. The van der Waals surface area contributed by atoms with E-state index in [1.807, 2.05) is 13.8 Å². The minimum Gasteiger partial charge on any atom is -0.477 e. The first-order chi connectivity index (χ1) is 9.88. The van der Waals surface area contributed by atoms with Gasteiger partial charge in [0.2, 0.25) is 0 Å². The third kappa shape index (κ3) is 3.28. The van der Waals surface area contributed by atoms with Gasteiger partial charge in [-0.25, -0.2) is 4.79 Å². The molecule has 0 atom stereocenters. The highest BCUT2D eigenvalue weighted by molar-refractivity contribution is 5.86. The van der Waals surface area contributed by atoms with Crippen molar-refractivity contribution in [2.75, 3.05) is 0 Å². The van der Waals surface area contributed by atoms with Crippen molar-refractivity contribution < 1.29 is 14.8 Å². The maximum absolute atomic E-state index is 11.3. The van der Waals surface area contributed by atoms with E-state index in [9.17, 15) is 20.0 Å². The highest BCUT2D eigenvalue weighted by Gasteiger charge is 2.15. The Bertz CT molecular complexity index is 689. The van der Waals surface area contributed by atoms with Gasteiger partial charge >= 0.3 is 5.97 Å². The SMILES string of the molecule is CC(C)c1cc(C(=O)O)n(Cc2cccc([N+](=O)[O-])c2)c1. The normalized spacial score (nSPS) is 10.8. The third-order valence-electron chi connectivity index (χ3n) is 3.28. The number of carboxylic acids is 1. The number of non-ortho nitro benzene ring substituents is 1. The fourth-order valence-electron chi connectivity index (χ4n) is 2.12. The Morgan fingerprint density at radius 2 is 2.10 bits per heavy atom. The Balaban J connectivity index is 2.36. The first kappa shape index (κ1) is 14.8. The summed E-state index contributed by atoms with van der Waals surface area (Å²) in [5.74, 6) is -0.790. The van der Waals surface area contributed by atoms with Crippen LogP contribution in [-0.4, -0.2) is 20.6 Å². The van der Waals surface area contributed by atoms with Crippen LogP contribution >= 0.6 is 0 Å². The molecule has 6 nitrogen and oxygen atoms in total. The van der Waals surface area contributed by atoms with E-state index in [1.54, 1.807) is 29.0 Å². The zero-order valence-electron chi connectivity index (χ0n) is 11.8. The van der Waals surface area contributed by atoms with E-state index in [0.717, 1.165) is 5.56 Å². The van der Waals surface area contributed by atoms with E-state index in [-0.39, 0.29) is 23.8 Å². The summed E-state index contributed by atoms with van der Waals surface area (Å²) in [6, 6.07) is 7.86. The predicted molar refractivity (Wildman–Crippen MR) is 77.7 cm³/mol. The van der Waals surface area contributed by atoms with Gasteiger partial charge in [0.05, 0.1) is 4.92 Å². The van der Waals surface area contributed by atoms with Crippen LogP contribution in [0.5, 0.6) is 0 Å². The average Bonchev–Trinajstić information content (AvgIpc) is 2.83. The molecule has 6 heteroatoms. The van der Waals surface area contributed by atoms with E-state index in [4.69, 9.17) is 0 Å². The largest absolute Gasteiger partial charge is 0.477 e. The lowest BCUT2D eigenvalue weighted by atomic mass is 10.1. The maximum atomic E-state index is 11.3. The van der Waals surface area contributed by atoms with Crippen LogP contribution in [0.1, 0.15) is 41.4 Å². The van der Waals surface area contributed by atoms with E-state index in [1.165, 1.54) is 12.1 Å². The minimum absolute atomic E-state index is 0.000569. The molecule has 0 aliphatic rings. The van der Waals surface area contributed by atoms with Gasteiger partial charge in [-0.3, -0.25) is 10.1 Å². The van der Waals surface area contributed by atoms with Gasteiger partial charge in [-0.1, -0.05) is 26.0 Å². The second kappa shape index (κ2) is 5.78. The number of benzene rings is 1. The van der Waals surface area contributed by atoms with E-state index >= 15 is 0 Å². The van der Waals surface area contributed by atoms with Gasteiger partial charge in [0.25, 0.3) is 5.69 Å². The van der Waals surface area contributed by atoms with Crippen LogP contribution < -0.4 is 0 Å². The number of nitro groups is 1. The van der Waals surface area contributed by atoms with Crippen molar-refractivity contribution in [1.82, 2.24) is 4.57 Å². The van der Waals surface area contributed by atoms with Crippen LogP contribution in [0.4, 0.5) is 5.69 Å². The molecule has 110 valence electrons. The van der Waals surface area contributed by atoms with Gasteiger partial charge in [-0.2, -0.15) is 0 Å². The monoisotopic (exact) mass is 288 g/mol. The Morgan fingerprint density at radius 1 is 1.38 bits per heavy atom. The van der Waals surface area contributed by atoms with Crippen LogP contribution in [0, 0.1) is 10.1 Å². The topological polar surface area (TPSA) is 85.4 Å². The van der Waals surface area contributed by atoms with Gasteiger partial charge in [0.1, 0.15) is 5.69 Å². The predicted octanol–water partition coefficient (Wildman–Crippen LogP) is 3.27. The van der Waals surface area contributed by atoms with Crippen molar-refractivity contribution in [3.05, 3.63) is 63.5 Å². The number of hydrogen-bond donors (Lipinski definition) is 1. The number of nitrogens with zero attached hydrogens (tertiary/aromatic N) is 2. The highest BCUT2D eigenvalue weighted by atomic mass is 16.6. The van der Waals surface area contributed by atoms with Crippen LogP contribution in [0.15, 0.2) is 36.5 Å². The average molecular weight is 288 g/mol. The van der Waals surface area contributed by atoms with Crippen molar-refractivity contribution >= 4 is 11.7 Å². The molecule has 1 heterocycles. The van der Waals surface area contributed by atoms with Crippen molar-refractivity contribution in [1.29, 1.82) is 0 Å². The standard InChI is InChI=1S/C15H16N2O4/c1-10(2)12-7-14(15(18)19)16(9-12)8-11-4-3-5-13(6-11)17(20)21/h3-7,9-10H,8H2,1-2H3,(H,18,19). The van der Waals surface area contributed by atoms with Gasteiger partial charge in [-0.05, 0) is 23.1 Å². The summed E-state index contributed by atoms with van der Waals surface area (Å²) in [5.41, 5.74) is 1.81. The molecule has 2 rings (SSSR count). The number of aromatic carboxylic acids is 1. The van der Waals surface area contributed by atoms with Crippen LogP contribution in [0.25, 0.3) is 0 Å². The molecular formula is C15H16N2O4. The lowest BCUT2D eigenvalue weighted by molar-refractivity contribution is -0.384. The Labute approximate surface area is 121 Å². The third-order valence-corrected chi connectivity index (χ3v) is 3.28. The number of nitro benzene ring substituents is 1. The summed E-state index contributed by atoms with van der Waals surface area (Å²) in [6.45, 7) is 4.26. The zero-order chi connectivity index (χ0) is 15.6. The molecule has 1 aromatic heterocycles. The number of hydrogen-bond acceptors (Lipinski definition) is 3. The van der Waals surface area contributed by atoms with Crippen LogP contribution in [0.2, 0.25) is 0 Å².